The molecule has 0 unspecified atom stereocenters. The summed E-state index contributed by atoms with van der Waals surface area (Å²) in [5, 5.41) is 4.53. The summed E-state index contributed by atoms with van der Waals surface area (Å²) >= 11 is 5.44. The molecule has 3 rings (SSSR count). The summed E-state index contributed by atoms with van der Waals surface area (Å²) in [7, 11) is 0. The fourth-order valence-electron chi connectivity index (χ4n) is 2.40. The highest BCUT2D eigenvalue weighted by Gasteiger charge is 2.14. The molecule has 0 aliphatic heterocycles. The molecule has 0 saturated heterocycles. The monoisotopic (exact) mass is 287 g/mol. The first-order chi connectivity index (χ1) is 9.60. The predicted molar refractivity (Wildman–Crippen MR) is 81.4 cm³/mol. The van der Waals surface area contributed by atoms with E-state index in [9.17, 15) is 0 Å². The molecule has 1 N–H and O–H groups in total. The van der Waals surface area contributed by atoms with Crippen LogP contribution in [0.5, 0.6) is 0 Å². The molecule has 0 spiro atoms. The van der Waals surface area contributed by atoms with Gasteiger partial charge in [0.1, 0.15) is 5.52 Å². The summed E-state index contributed by atoms with van der Waals surface area (Å²) in [6, 6.07) is 4.10. The van der Waals surface area contributed by atoms with Crippen LogP contribution in [0.25, 0.3) is 11.2 Å². The van der Waals surface area contributed by atoms with Crippen LogP contribution in [-0.2, 0) is 13.1 Å². The topological polar surface area (TPSA) is 51.4 Å². The van der Waals surface area contributed by atoms with Gasteiger partial charge in [0.05, 0.1) is 12.2 Å². The van der Waals surface area contributed by atoms with E-state index in [0.717, 1.165) is 39.4 Å². The van der Waals surface area contributed by atoms with Gasteiger partial charge in [0, 0.05) is 18.4 Å². The molecule has 0 aliphatic carbocycles. The predicted octanol–water partition coefficient (Wildman–Crippen LogP) is 2.98. The van der Waals surface area contributed by atoms with Crippen molar-refractivity contribution in [2.75, 3.05) is 0 Å². The number of imidazole rings is 1. The molecule has 0 aromatic carbocycles. The van der Waals surface area contributed by atoms with Crippen LogP contribution in [0.15, 0.2) is 18.3 Å². The zero-order chi connectivity index (χ0) is 14.3. The summed E-state index contributed by atoms with van der Waals surface area (Å²) in [5.41, 5.74) is 5.21. The lowest BCUT2D eigenvalue weighted by molar-refractivity contribution is 0.643. The Bertz CT molecular complexity index is 807. The maximum Gasteiger partial charge on any atom is 0.179 e. The van der Waals surface area contributed by atoms with Gasteiger partial charge in [0.25, 0.3) is 0 Å². The summed E-state index contributed by atoms with van der Waals surface area (Å²) in [6.07, 6.45) is 1.90. The van der Waals surface area contributed by atoms with E-state index in [-0.39, 0.29) is 0 Å². The number of nitrogens with one attached hydrogen (secondary N) is 1. The van der Waals surface area contributed by atoms with Crippen molar-refractivity contribution < 1.29 is 0 Å². The fourth-order valence-corrected chi connectivity index (χ4v) is 2.66. The number of hydrogen-bond acceptors (Lipinski definition) is 3. The SMILES string of the molecule is CCn1nc(C)c2[nH]c(=S)n(Cc3ccc(C)nc3)c21. The Morgan fingerprint density at radius 3 is 2.75 bits per heavy atom. The van der Waals surface area contributed by atoms with Crippen LogP contribution in [-0.4, -0.2) is 24.3 Å². The molecule has 3 aromatic rings. The number of aryl methyl sites for hydroxylation is 3. The number of hydrogen-bond donors (Lipinski definition) is 1. The number of nitrogens with zero attached hydrogens (tertiary/aromatic N) is 4. The summed E-state index contributed by atoms with van der Waals surface area (Å²) in [5.74, 6) is 0. The third kappa shape index (κ3) is 2.06. The quantitative estimate of drug-likeness (QED) is 0.753. The minimum atomic E-state index is 0.706. The third-order valence-corrected chi connectivity index (χ3v) is 3.77. The highest BCUT2D eigenvalue weighted by Crippen LogP contribution is 2.19. The van der Waals surface area contributed by atoms with Crippen LogP contribution in [0.1, 0.15) is 23.9 Å². The fraction of sp³-hybridized carbons (Fsp3) is 0.357. The van der Waals surface area contributed by atoms with Crippen LogP contribution in [0, 0.1) is 18.6 Å². The van der Waals surface area contributed by atoms with Gasteiger partial charge in [-0.3, -0.25) is 9.55 Å². The molecule has 20 heavy (non-hydrogen) atoms. The lowest BCUT2D eigenvalue weighted by atomic mass is 10.2. The van der Waals surface area contributed by atoms with E-state index >= 15 is 0 Å². The van der Waals surface area contributed by atoms with Gasteiger partial charge >= 0.3 is 0 Å². The van der Waals surface area contributed by atoms with E-state index in [0.29, 0.717) is 6.54 Å². The first-order valence-electron chi connectivity index (χ1n) is 6.67. The lowest BCUT2D eigenvalue weighted by Gasteiger charge is -2.06. The van der Waals surface area contributed by atoms with Crippen molar-refractivity contribution in [3.05, 3.63) is 40.1 Å². The van der Waals surface area contributed by atoms with Crippen molar-refractivity contribution in [2.24, 2.45) is 0 Å². The number of rotatable bonds is 3. The number of pyridine rings is 1. The zero-order valence-electron chi connectivity index (χ0n) is 11.8. The van der Waals surface area contributed by atoms with Crippen molar-refractivity contribution in [1.82, 2.24) is 24.3 Å². The maximum absolute atomic E-state index is 5.44. The van der Waals surface area contributed by atoms with E-state index in [4.69, 9.17) is 12.2 Å². The average molecular weight is 287 g/mol. The molecule has 6 heteroatoms. The zero-order valence-corrected chi connectivity index (χ0v) is 12.7. The standard InChI is InChI=1S/C14H17N5S/c1-4-19-13-12(10(3)17-19)16-14(20)18(13)8-11-6-5-9(2)15-7-11/h5-7H,4,8H2,1-3H3,(H,16,20). The van der Waals surface area contributed by atoms with Gasteiger partial charge < -0.3 is 4.98 Å². The van der Waals surface area contributed by atoms with E-state index in [1.807, 2.05) is 30.8 Å². The molecule has 0 saturated carbocycles. The Kier molecular flexibility index (Phi) is 3.17. The smallest absolute Gasteiger partial charge is 0.179 e. The first kappa shape index (κ1) is 13.1. The van der Waals surface area contributed by atoms with Crippen molar-refractivity contribution >= 4 is 23.4 Å². The van der Waals surface area contributed by atoms with Crippen LogP contribution in [0.4, 0.5) is 0 Å². The van der Waals surface area contributed by atoms with E-state index in [1.54, 1.807) is 0 Å². The first-order valence-corrected chi connectivity index (χ1v) is 7.08. The van der Waals surface area contributed by atoms with E-state index < -0.39 is 0 Å². The van der Waals surface area contributed by atoms with Crippen molar-refractivity contribution in [1.29, 1.82) is 0 Å². The Morgan fingerprint density at radius 1 is 1.30 bits per heavy atom. The third-order valence-electron chi connectivity index (χ3n) is 3.45. The number of H-pyrrole nitrogens is 1. The van der Waals surface area contributed by atoms with Gasteiger partial charge in [-0.1, -0.05) is 6.07 Å². The van der Waals surface area contributed by atoms with Gasteiger partial charge in [0.2, 0.25) is 0 Å². The minimum absolute atomic E-state index is 0.706. The van der Waals surface area contributed by atoms with Gasteiger partial charge in [0.15, 0.2) is 10.4 Å². The Labute approximate surface area is 122 Å². The molecule has 0 amide bonds. The van der Waals surface area contributed by atoms with Crippen LogP contribution >= 0.6 is 12.2 Å². The van der Waals surface area contributed by atoms with Gasteiger partial charge in [-0.15, -0.1) is 0 Å². The molecule has 0 aliphatic rings. The van der Waals surface area contributed by atoms with Gasteiger partial charge in [-0.05, 0) is 44.6 Å². The molecule has 0 fully saturated rings. The number of fused-ring (bicyclic) bond motifs is 1. The number of aromatic amines is 1. The number of aromatic nitrogens is 5. The molecular formula is C14H17N5S. The second kappa shape index (κ2) is 4.86. The Morgan fingerprint density at radius 2 is 2.10 bits per heavy atom. The highest BCUT2D eigenvalue weighted by atomic mass is 32.1. The normalized spacial score (nSPS) is 11.3. The van der Waals surface area contributed by atoms with Gasteiger partial charge in [-0.25, -0.2) is 4.68 Å². The molecule has 3 heterocycles. The summed E-state index contributed by atoms with van der Waals surface area (Å²) < 4.78 is 4.79. The Balaban J connectivity index is 2.13. The van der Waals surface area contributed by atoms with Crippen LogP contribution in [0.2, 0.25) is 0 Å². The second-order valence-corrected chi connectivity index (χ2v) is 5.31. The molecular weight excluding hydrogens is 270 g/mol. The second-order valence-electron chi connectivity index (χ2n) is 4.92. The van der Waals surface area contributed by atoms with Gasteiger partial charge in [-0.2, -0.15) is 5.10 Å². The van der Waals surface area contributed by atoms with Crippen molar-refractivity contribution in [3.63, 3.8) is 0 Å². The van der Waals surface area contributed by atoms with Crippen LogP contribution < -0.4 is 0 Å². The van der Waals surface area contributed by atoms with E-state index in [1.165, 1.54) is 0 Å². The highest BCUT2D eigenvalue weighted by molar-refractivity contribution is 7.71. The molecule has 5 nitrogen and oxygen atoms in total. The minimum Gasteiger partial charge on any atom is -0.328 e. The Hall–Kier alpha value is -1.95. The van der Waals surface area contributed by atoms with Crippen molar-refractivity contribution in [2.45, 2.75) is 33.9 Å². The largest absolute Gasteiger partial charge is 0.328 e. The molecule has 0 bridgehead atoms. The van der Waals surface area contributed by atoms with Crippen molar-refractivity contribution in [3.8, 4) is 0 Å². The lowest BCUT2D eigenvalue weighted by Crippen LogP contribution is -2.06. The molecule has 0 radical (unpaired) electrons. The average Bonchev–Trinajstić information content (AvgIpc) is 2.91. The summed E-state index contributed by atoms with van der Waals surface area (Å²) in [6.45, 7) is 7.59. The molecule has 104 valence electrons. The maximum atomic E-state index is 5.44. The molecule has 3 aromatic heterocycles. The molecule has 0 atom stereocenters. The summed E-state index contributed by atoms with van der Waals surface area (Å²) in [4.78, 5) is 7.59. The van der Waals surface area contributed by atoms with E-state index in [2.05, 4.69) is 32.6 Å². The van der Waals surface area contributed by atoms with Crippen LogP contribution in [0.3, 0.4) is 0 Å².